The third kappa shape index (κ3) is 4.42. The van der Waals surface area contributed by atoms with Crippen LogP contribution in [-0.4, -0.2) is 12.6 Å². The Labute approximate surface area is 126 Å². The van der Waals surface area contributed by atoms with E-state index in [-0.39, 0.29) is 12.1 Å². The highest BCUT2D eigenvalue weighted by Gasteiger charge is 2.16. The number of rotatable bonds is 6. The first-order valence-corrected chi connectivity index (χ1v) is 7.99. The van der Waals surface area contributed by atoms with Crippen LogP contribution in [0.1, 0.15) is 23.5 Å². The lowest BCUT2D eigenvalue weighted by molar-refractivity contribution is 0.0406. The lowest BCUT2D eigenvalue weighted by Crippen LogP contribution is -2.27. The van der Waals surface area contributed by atoms with Crippen LogP contribution < -0.4 is 5.73 Å². The van der Waals surface area contributed by atoms with E-state index in [2.05, 4.69) is 45.6 Å². The van der Waals surface area contributed by atoms with E-state index >= 15 is 0 Å². The van der Waals surface area contributed by atoms with Gasteiger partial charge in [-0.3, -0.25) is 0 Å². The van der Waals surface area contributed by atoms with E-state index in [0.29, 0.717) is 6.61 Å². The Balaban J connectivity index is 1.94. The van der Waals surface area contributed by atoms with Gasteiger partial charge in [0.25, 0.3) is 0 Å². The molecule has 0 aliphatic rings. The van der Waals surface area contributed by atoms with Gasteiger partial charge in [-0.05, 0) is 36.1 Å². The highest BCUT2D eigenvalue weighted by molar-refractivity contribution is 9.10. The van der Waals surface area contributed by atoms with Crippen molar-refractivity contribution in [3.8, 4) is 0 Å². The lowest BCUT2D eigenvalue weighted by Gasteiger charge is -2.22. The number of benzene rings is 1. The normalized spacial score (nSPS) is 14.3. The molecule has 0 saturated carbocycles. The van der Waals surface area contributed by atoms with Gasteiger partial charge in [0.15, 0.2) is 0 Å². The van der Waals surface area contributed by atoms with E-state index in [1.807, 2.05) is 19.1 Å². The maximum atomic E-state index is 6.03. The number of nitrogens with two attached hydrogens (primary N) is 1. The molecule has 1 heterocycles. The largest absolute Gasteiger partial charge is 0.372 e. The topological polar surface area (TPSA) is 35.2 Å². The summed E-state index contributed by atoms with van der Waals surface area (Å²) in [6.45, 7) is 2.68. The molecule has 2 unspecified atom stereocenters. The smallest absolute Gasteiger partial charge is 0.0973 e. The monoisotopic (exact) mass is 339 g/mol. The van der Waals surface area contributed by atoms with Gasteiger partial charge in [-0.25, -0.2) is 0 Å². The number of halogens is 1. The zero-order valence-electron chi connectivity index (χ0n) is 10.9. The van der Waals surface area contributed by atoms with E-state index in [0.717, 1.165) is 16.5 Å². The maximum Gasteiger partial charge on any atom is 0.0973 e. The summed E-state index contributed by atoms with van der Waals surface area (Å²) in [5.74, 6) is 0. The molecule has 2 rings (SSSR count). The van der Waals surface area contributed by atoms with Crippen molar-refractivity contribution in [2.24, 2.45) is 5.73 Å². The fourth-order valence-electron chi connectivity index (χ4n) is 1.95. The molecule has 0 bridgehead atoms. The van der Waals surface area contributed by atoms with Gasteiger partial charge in [0.1, 0.15) is 0 Å². The Morgan fingerprint density at radius 1 is 1.26 bits per heavy atom. The molecule has 0 aliphatic carbocycles. The summed E-state index contributed by atoms with van der Waals surface area (Å²) in [5, 5.41) is 2.09. The van der Waals surface area contributed by atoms with Crippen LogP contribution in [0.5, 0.6) is 0 Å². The van der Waals surface area contributed by atoms with Crippen LogP contribution in [0, 0.1) is 0 Å². The molecule has 2 nitrogen and oxygen atoms in total. The van der Waals surface area contributed by atoms with Crippen LogP contribution in [-0.2, 0) is 11.2 Å². The second-order valence-corrected chi connectivity index (χ2v) is 6.48. The summed E-state index contributed by atoms with van der Waals surface area (Å²) in [7, 11) is 0. The van der Waals surface area contributed by atoms with E-state index in [1.54, 1.807) is 11.3 Å². The molecule has 2 N–H and O–H groups in total. The van der Waals surface area contributed by atoms with Crippen molar-refractivity contribution < 1.29 is 4.74 Å². The minimum atomic E-state index is -0.0481. The zero-order valence-corrected chi connectivity index (χ0v) is 13.3. The summed E-state index contributed by atoms with van der Waals surface area (Å²) >= 11 is 5.20. The Kier molecular flexibility index (Phi) is 5.58. The van der Waals surface area contributed by atoms with Crippen molar-refractivity contribution in [2.45, 2.75) is 25.5 Å². The molecule has 0 aliphatic heterocycles. The van der Waals surface area contributed by atoms with Gasteiger partial charge in [-0.1, -0.05) is 34.1 Å². The minimum absolute atomic E-state index is 0.0236. The van der Waals surface area contributed by atoms with Gasteiger partial charge in [-0.15, -0.1) is 11.3 Å². The molecule has 0 saturated heterocycles. The number of ether oxygens (including phenoxy) is 1. The first-order chi connectivity index (χ1) is 9.16. The second kappa shape index (κ2) is 7.20. The van der Waals surface area contributed by atoms with E-state index in [4.69, 9.17) is 10.5 Å². The van der Waals surface area contributed by atoms with Crippen molar-refractivity contribution in [2.75, 3.05) is 6.61 Å². The molecule has 1 aromatic heterocycles. The fourth-order valence-corrected chi connectivity index (χ4v) is 2.90. The van der Waals surface area contributed by atoms with Crippen molar-refractivity contribution in [1.29, 1.82) is 0 Å². The third-order valence-electron chi connectivity index (χ3n) is 2.90. The van der Waals surface area contributed by atoms with Crippen LogP contribution in [0.4, 0.5) is 0 Å². The molecule has 1 aromatic carbocycles. The van der Waals surface area contributed by atoms with Gasteiger partial charge in [0, 0.05) is 21.8 Å². The van der Waals surface area contributed by atoms with Crippen molar-refractivity contribution in [3.63, 3.8) is 0 Å². The average molecular weight is 340 g/mol. The molecule has 19 heavy (non-hydrogen) atoms. The fraction of sp³-hybridized carbons (Fsp3) is 0.333. The quantitative estimate of drug-likeness (QED) is 0.857. The van der Waals surface area contributed by atoms with Crippen LogP contribution in [0.2, 0.25) is 0 Å². The SMILES string of the molecule is CC(N)C(OCCc1cccs1)c1ccc(Br)cc1. The van der Waals surface area contributed by atoms with Gasteiger partial charge in [-0.2, -0.15) is 0 Å². The molecular weight excluding hydrogens is 322 g/mol. The Bertz CT molecular complexity index is 481. The minimum Gasteiger partial charge on any atom is -0.372 e. The average Bonchev–Trinajstić information content (AvgIpc) is 2.89. The van der Waals surface area contributed by atoms with E-state index in [9.17, 15) is 0 Å². The molecule has 4 heteroatoms. The van der Waals surface area contributed by atoms with Crippen LogP contribution in [0.25, 0.3) is 0 Å². The summed E-state index contributed by atoms with van der Waals surface area (Å²) in [5.41, 5.74) is 7.16. The molecule has 0 amide bonds. The number of hydrogen-bond acceptors (Lipinski definition) is 3. The van der Waals surface area contributed by atoms with Crippen molar-refractivity contribution in [3.05, 3.63) is 56.7 Å². The van der Waals surface area contributed by atoms with E-state index in [1.165, 1.54) is 4.88 Å². The molecule has 0 radical (unpaired) electrons. The molecule has 0 fully saturated rings. The lowest BCUT2D eigenvalue weighted by atomic mass is 10.0. The van der Waals surface area contributed by atoms with Crippen molar-refractivity contribution in [1.82, 2.24) is 0 Å². The van der Waals surface area contributed by atoms with E-state index < -0.39 is 0 Å². The predicted molar refractivity (Wildman–Crippen MR) is 84.5 cm³/mol. The summed E-state index contributed by atoms with van der Waals surface area (Å²) < 4.78 is 7.04. The van der Waals surface area contributed by atoms with Gasteiger partial charge < -0.3 is 10.5 Å². The summed E-state index contributed by atoms with van der Waals surface area (Å²) in [6, 6.07) is 12.3. The highest BCUT2D eigenvalue weighted by Crippen LogP contribution is 2.23. The first-order valence-electron chi connectivity index (χ1n) is 6.32. The third-order valence-corrected chi connectivity index (χ3v) is 4.37. The van der Waals surface area contributed by atoms with Crippen molar-refractivity contribution >= 4 is 27.3 Å². The predicted octanol–water partition coefficient (Wildman–Crippen LogP) is 4.16. The van der Waals surface area contributed by atoms with Crippen LogP contribution >= 0.6 is 27.3 Å². The molecule has 2 atom stereocenters. The van der Waals surface area contributed by atoms with Crippen LogP contribution in [0.3, 0.4) is 0 Å². The molecule has 2 aromatic rings. The second-order valence-electron chi connectivity index (χ2n) is 4.53. The van der Waals surface area contributed by atoms with Gasteiger partial charge in [0.2, 0.25) is 0 Å². The molecule has 0 spiro atoms. The number of hydrogen-bond donors (Lipinski definition) is 1. The number of thiophene rings is 1. The van der Waals surface area contributed by atoms with Gasteiger partial charge in [0.05, 0.1) is 12.7 Å². The zero-order chi connectivity index (χ0) is 13.7. The van der Waals surface area contributed by atoms with Gasteiger partial charge >= 0.3 is 0 Å². The standard InChI is InChI=1S/C15H18BrNOS/c1-11(17)15(12-4-6-13(16)7-5-12)18-9-8-14-3-2-10-19-14/h2-7,10-11,15H,8-9,17H2,1H3. The molecular formula is C15H18BrNOS. The van der Waals surface area contributed by atoms with Crippen LogP contribution in [0.15, 0.2) is 46.3 Å². The summed E-state index contributed by atoms with van der Waals surface area (Å²) in [4.78, 5) is 1.35. The maximum absolute atomic E-state index is 6.03. The molecule has 102 valence electrons. The first kappa shape index (κ1) is 14.7. The Hall–Kier alpha value is -0.680. The summed E-state index contributed by atoms with van der Waals surface area (Å²) in [6.07, 6.45) is 0.894. The Morgan fingerprint density at radius 3 is 2.58 bits per heavy atom. The Morgan fingerprint density at radius 2 is 2.00 bits per heavy atom. The highest BCUT2D eigenvalue weighted by atomic mass is 79.9.